The van der Waals surface area contributed by atoms with Gasteiger partial charge in [-0.3, -0.25) is 4.79 Å². The molecule has 0 aliphatic carbocycles. The molecule has 2 aromatic rings. The van der Waals surface area contributed by atoms with E-state index in [4.69, 9.17) is 11.0 Å². The van der Waals surface area contributed by atoms with Crippen molar-refractivity contribution in [2.24, 2.45) is 15.7 Å². The first-order chi connectivity index (χ1) is 13.6. The minimum atomic E-state index is -0.431. The molecule has 1 heterocycles. The number of carbonyl (C=O) groups is 1. The first-order valence-corrected chi connectivity index (χ1v) is 9.52. The molecule has 1 aromatic carbocycles. The maximum absolute atomic E-state index is 12.1. The zero-order valence-electron chi connectivity index (χ0n) is 15.6. The molecule has 0 saturated heterocycles. The quantitative estimate of drug-likeness (QED) is 0.332. The van der Waals surface area contributed by atoms with Crippen LogP contribution in [0.2, 0.25) is 0 Å². The van der Waals surface area contributed by atoms with Gasteiger partial charge in [0.05, 0.1) is 11.7 Å². The van der Waals surface area contributed by atoms with E-state index < -0.39 is 5.91 Å². The van der Waals surface area contributed by atoms with Crippen molar-refractivity contribution >= 4 is 34.3 Å². The Bertz CT molecular complexity index is 884. The summed E-state index contributed by atoms with van der Waals surface area (Å²) in [5.74, 6) is -0.0889. The highest BCUT2D eigenvalue weighted by molar-refractivity contribution is 7.13. The van der Waals surface area contributed by atoms with E-state index >= 15 is 0 Å². The molecule has 0 aliphatic heterocycles. The predicted octanol–water partition coefficient (Wildman–Crippen LogP) is 2.20. The molecule has 0 fully saturated rings. The molecule has 28 heavy (non-hydrogen) atoms. The minimum Gasteiger partial charge on any atom is -0.369 e. The fourth-order valence-corrected chi connectivity index (χ4v) is 3.12. The summed E-state index contributed by atoms with van der Waals surface area (Å²) in [5, 5.41) is 20.0. The number of aliphatic imine (C=N–C) groups is 2. The molecule has 0 spiro atoms. The number of guanidine groups is 2. The Kier molecular flexibility index (Phi) is 7.92. The molecule has 2 rings (SSSR count). The second-order valence-electron chi connectivity index (χ2n) is 5.67. The van der Waals surface area contributed by atoms with Gasteiger partial charge in [0, 0.05) is 18.0 Å². The van der Waals surface area contributed by atoms with Crippen LogP contribution in [0.3, 0.4) is 0 Å². The molecule has 1 unspecified atom stereocenters. The highest BCUT2D eigenvalue weighted by Gasteiger charge is 2.16. The number of hydrogen-bond acceptors (Lipinski definition) is 5. The molecule has 5 N–H and O–H groups in total. The van der Waals surface area contributed by atoms with Gasteiger partial charge in [0.25, 0.3) is 5.91 Å². The molecular weight excluding hydrogens is 376 g/mol. The highest BCUT2D eigenvalue weighted by Crippen LogP contribution is 2.23. The van der Waals surface area contributed by atoms with Gasteiger partial charge in [0.15, 0.2) is 5.13 Å². The standard InChI is InChI=1S/C18H22N8OS/c1-3-7-13(23-17(21-2)22-11-19)14-10-28-18(24-14)26-16(20)25-15(27)12-8-5-4-6-9-12/h4-6,8-10,13H,3,7H2,1-2H3,(H2,21,22,23)(H3,20,24,25,26,27). The first kappa shape index (κ1) is 20.9. The third-order valence-corrected chi connectivity index (χ3v) is 4.42. The molecule has 146 valence electrons. The number of nitrogens with two attached hydrogens (primary N) is 1. The van der Waals surface area contributed by atoms with Crippen LogP contribution in [0.1, 0.15) is 41.9 Å². The monoisotopic (exact) mass is 398 g/mol. The van der Waals surface area contributed by atoms with Gasteiger partial charge in [-0.15, -0.1) is 16.3 Å². The van der Waals surface area contributed by atoms with Gasteiger partial charge >= 0.3 is 0 Å². The first-order valence-electron chi connectivity index (χ1n) is 8.64. The summed E-state index contributed by atoms with van der Waals surface area (Å²) in [6.07, 6.45) is 3.46. The van der Waals surface area contributed by atoms with Crippen molar-refractivity contribution in [1.29, 1.82) is 5.26 Å². The maximum atomic E-state index is 12.1. The number of aromatic nitrogens is 1. The SMILES string of the molecule is CCCC(N/C(=N\C#N)NC)c1csc(N/C(N)=N\C(=O)c2ccccc2)n1. The molecule has 0 radical (unpaired) electrons. The number of hydrogen-bond donors (Lipinski definition) is 4. The van der Waals surface area contributed by atoms with E-state index in [1.807, 2.05) is 11.4 Å². The van der Waals surface area contributed by atoms with Crippen molar-refractivity contribution in [1.82, 2.24) is 15.6 Å². The summed E-state index contributed by atoms with van der Waals surface area (Å²) in [5.41, 5.74) is 7.06. The summed E-state index contributed by atoms with van der Waals surface area (Å²) < 4.78 is 0. The Labute approximate surface area is 167 Å². The number of nitrogens with zero attached hydrogens (tertiary/aromatic N) is 4. The third-order valence-electron chi connectivity index (χ3n) is 3.64. The van der Waals surface area contributed by atoms with Crippen LogP contribution in [0.25, 0.3) is 0 Å². The fraction of sp³-hybridized carbons (Fsp3) is 0.278. The average molecular weight is 398 g/mol. The number of amides is 1. The number of nitrogens with one attached hydrogen (secondary N) is 3. The summed E-state index contributed by atoms with van der Waals surface area (Å²) in [7, 11) is 1.68. The van der Waals surface area contributed by atoms with Gasteiger partial charge in [0.2, 0.25) is 18.1 Å². The Balaban J connectivity index is 2.08. The lowest BCUT2D eigenvalue weighted by Crippen LogP contribution is -2.37. The van der Waals surface area contributed by atoms with E-state index in [1.54, 1.807) is 37.5 Å². The average Bonchev–Trinajstić information content (AvgIpc) is 3.15. The van der Waals surface area contributed by atoms with E-state index in [9.17, 15) is 4.79 Å². The lowest BCUT2D eigenvalue weighted by molar-refractivity contribution is 0.100. The van der Waals surface area contributed by atoms with Crippen molar-refractivity contribution < 1.29 is 4.79 Å². The van der Waals surface area contributed by atoms with E-state index in [2.05, 4.69) is 37.8 Å². The second-order valence-corrected chi connectivity index (χ2v) is 6.52. The van der Waals surface area contributed by atoms with Crippen LogP contribution in [-0.2, 0) is 0 Å². The van der Waals surface area contributed by atoms with Crippen LogP contribution >= 0.6 is 11.3 Å². The van der Waals surface area contributed by atoms with Crippen molar-refractivity contribution in [3.63, 3.8) is 0 Å². The van der Waals surface area contributed by atoms with E-state index in [-0.39, 0.29) is 12.0 Å². The number of benzene rings is 1. The number of anilines is 1. The zero-order chi connectivity index (χ0) is 20.4. The Morgan fingerprint density at radius 1 is 1.39 bits per heavy atom. The molecule has 10 heteroatoms. The topological polar surface area (TPSA) is 141 Å². The van der Waals surface area contributed by atoms with Gasteiger partial charge in [0.1, 0.15) is 0 Å². The van der Waals surface area contributed by atoms with Gasteiger partial charge in [-0.25, -0.2) is 4.98 Å². The third kappa shape index (κ3) is 6.07. The maximum Gasteiger partial charge on any atom is 0.280 e. The molecule has 1 atom stereocenters. The van der Waals surface area contributed by atoms with Crippen molar-refractivity contribution in [2.45, 2.75) is 25.8 Å². The Morgan fingerprint density at radius 2 is 2.14 bits per heavy atom. The largest absolute Gasteiger partial charge is 0.369 e. The lowest BCUT2D eigenvalue weighted by Gasteiger charge is -2.17. The lowest BCUT2D eigenvalue weighted by atomic mass is 10.1. The van der Waals surface area contributed by atoms with Crippen molar-refractivity contribution in [3.8, 4) is 6.19 Å². The molecular formula is C18H22N8OS. The zero-order valence-corrected chi connectivity index (χ0v) is 16.5. The molecule has 0 bridgehead atoms. The van der Waals surface area contributed by atoms with Gasteiger partial charge in [-0.2, -0.15) is 10.3 Å². The van der Waals surface area contributed by atoms with E-state index in [0.717, 1.165) is 18.5 Å². The van der Waals surface area contributed by atoms with Gasteiger partial charge in [-0.05, 0) is 18.6 Å². The number of nitriles is 1. The molecule has 1 aromatic heterocycles. The van der Waals surface area contributed by atoms with Gasteiger partial charge < -0.3 is 21.7 Å². The summed E-state index contributed by atoms with van der Waals surface area (Å²) in [6.45, 7) is 2.06. The number of rotatable bonds is 6. The van der Waals surface area contributed by atoms with E-state index in [0.29, 0.717) is 16.7 Å². The molecule has 1 amide bonds. The Hall–Kier alpha value is -3.45. The molecule has 0 saturated carbocycles. The number of carbonyl (C=O) groups excluding carboxylic acids is 1. The highest BCUT2D eigenvalue weighted by atomic mass is 32.1. The van der Waals surface area contributed by atoms with Crippen LogP contribution in [0, 0.1) is 11.5 Å². The van der Waals surface area contributed by atoms with Crippen LogP contribution < -0.4 is 21.7 Å². The van der Waals surface area contributed by atoms with E-state index in [1.165, 1.54) is 11.3 Å². The van der Waals surface area contributed by atoms with Crippen LogP contribution in [0.4, 0.5) is 5.13 Å². The van der Waals surface area contributed by atoms with Crippen molar-refractivity contribution in [2.75, 3.05) is 12.4 Å². The summed E-state index contributed by atoms with van der Waals surface area (Å²) >= 11 is 1.34. The second kappa shape index (κ2) is 10.6. The van der Waals surface area contributed by atoms with Crippen LogP contribution in [0.15, 0.2) is 45.7 Å². The Morgan fingerprint density at radius 3 is 2.79 bits per heavy atom. The molecule has 9 nitrogen and oxygen atoms in total. The fourth-order valence-electron chi connectivity index (χ4n) is 2.35. The van der Waals surface area contributed by atoms with Crippen molar-refractivity contribution in [3.05, 3.63) is 47.0 Å². The predicted molar refractivity (Wildman–Crippen MR) is 111 cm³/mol. The summed E-state index contributed by atoms with van der Waals surface area (Å²) in [4.78, 5) is 24.1. The number of thiazole rings is 1. The smallest absolute Gasteiger partial charge is 0.280 e. The normalized spacial score (nSPS) is 12.8. The molecule has 0 aliphatic rings. The van der Waals surface area contributed by atoms with Crippen LogP contribution in [0.5, 0.6) is 0 Å². The minimum absolute atomic E-state index is 0.0308. The van der Waals surface area contributed by atoms with Crippen LogP contribution in [-0.4, -0.2) is 29.9 Å². The van der Waals surface area contributed by atoms with Gasteiger partial charge in [-0.1, -0.05) is 31.5 Å². The summed E-state index contributed by atoms with van der Waals surface area (Å²) in [6, 6.07) is 8.56.